The average molecular weight is 490 g/mol. The Bertz CT molecular complexity index is 649. The first-order valence-corrected chi connectivity index (χ1v) is 8.89. The number of para-hydroxylation sites is 2. The molecule has 1 aliphatic heterocycles. The number of nitro groups is 1. The van der Waals surface area contributed by atoms with E-state index in [4.69, 9.17) is 0 Å². The topological polar surface area (TPSA) is 112 Å². The Morgan fingerprint density at radius 3 is 2.59 bits per heavy atom. The Morgan fingerprint density at radius 2 is 1.93 bits per heavy atom. The van der Waals surface area contributed by atoms with Gasteiger partial charge < -0.3 is 20.9 Å². The van der Waals surface area contributed by atoms with Crippen LogP contribution in [0.1, 0.15) is 19.8 Å². The van der Waals surface area contributed by atoms with Crippen LogP contribution in [-0.4, -0.2) is 61.0 Å². The third-order valence-corrected chi connectivity index (χ3v) is 4.01. The molecule has 1 amide bonds. The number of hydrogen-bond acceptors (Lipinski definition) is 5. The van der Waals surface area contributed by atoms with Crippen molar-refractivity contribution in [2.45, 2.75) is 19.8 Å². The molecular weight excluding hydrogens is 463 g/mol. The van der Waals surface area contributed by atoms with Crippen molar-refractivity contribution in [1.82, 2.24) is 15.5 Å². The van der Waals surface area contributed by atoms with Crippen LogP contribution in [0.2, 0.25) is 0 Å². The van der Waals surface area contributed by atoms with Gasteiger partial charge in [0.05, 0.1) is 4.92 Å². The summed E-state index contributed by atoms with van der Waals surface area (Å²) in [4.78, 5) is 28.8. The molecule has 9 nitrogen and oxygen atoms in total. The average Bonchev–Trinajstić information content (AvgIpc) is 3.18. The van der Waals surface area contributed by atoms with Gasteiger partial charge in [-0.05, 0) is 25.8 Å². The molecule has 10 heteroatoms. The van der Waals surface area contributed by atoms with Gasteiger partial charge in [0.2, 0.25) is 5.91 Å². The van der Waals surface area contributed by atoms with E-state index in [0.717, 1.165) is 25.9 Å². The maximum atomic E-state index is 12.1. The molecule has 1 aliphatic rings. The zero-order chi connectivity index (χ0) is 18.8. The summed E-state index contributed by atoms with van der Waals surface area (Å²) < 4.78 is 0. The molecule has 3 N–H and O–H groups in total. The smallest absolute Gasteiger partial charge is 0.292 e. The Morgan fingerprint density at radius 1 is 1.22 bits per heavy atom. The van der Waals surface area contributed by atoms with Crippen molar-refractivity contribution in [2.24, 2.45) is 4.99 Å². The lowest BCUT2D eigenvalue weighted by Gasteiger charge is -2.15. The minimum Gasteiger partial charge on any atom is -0.378 e. The molecule has 1 fully saturated rings. The van der Waals surface area contributed by atoms with Crippen LogP contribution in [0.4, 0.5) is 11.4 Å². The predicted octanol–water partition coefficient (Wildman–Crippen LogP) is 1.80. The van der Waals surface area contributed by atoms with E-state index in [0.29, 0.717) is 31.3 Å². The number of nitrogens with zero attached hydrogens (tertiary/aromatic N) is 3. The van der Waals surface area contributed by atoms with E-state index in [1.807, 2.05) is 11.8 Å². The van der Waals surface area contributed by atoms with Crippen LogP contribution in [-0.2, 0) is 4.79 Å². The van der Waals surface area contributed by atoms with E-state index in [9.17, 15) is 14.9 Å². The van der Waals surface area contributed by atoms with Crippen LogP contribution in [0.5, 0.6) is 0 Å². The molecule has 1 heterocycles. The first kappa shape index (κ1) is 22.9. The molecular formula is C17H27IN6O3. The lowest BCUT2D eigenvalue weighted by atomic mass is 10.2. The van der Waals surface area contributed by atoms with Gasteiger partial charge in [0.1, 0.15) is 12.2 Å². The summed E-state index contributed by atoms with van der Waals surface area (Å²) in [7, 11) is 0. The third kappa shape index (κ3) is 7.57. The number of halogens is 1. The second kappa shape index (κ2) is 12.3. The molecule has 27 heavy (non-hydrogen) atoms. The first-order valence-electron chi connectivity index (χ1n) is 8.89. The molecule has 1 saturated heterocycles. The molecule has 0 spiro atoms. The third-order valence-electron chi connectivity index (χ3n) is 4.01. The number of nitrogens with one attached hydrogen (secondary N) is 3. The highest BCUT2D eigenvalue weighted by atomic mass is 127. The standard InChI is InChI=1S/C17H26N6O3.HI/c1-2-18-17(21-13-16(24)22-11-5-6-12-22)20-10-9-19-14-7-3-4-8-15(14)23(25)26;/h3-4,7-8,19H,2,5-6,9-13H2,1H3,(H2,18,20,21);1H. The van der Waals surface area contributed by atoms with E-state index in [1.165, 1.54) is 6.07 Å². The number of benzene rings is 1. The monoisotopic (exact) mass is 490 g/mol. The molecule has 1 aromatic rings. The highest BCUT2D eigenvalue weighted by Crippen LogP contribution is 2.22. The van der Waals surface area contributed by atoms with Crippen LogP contribution in [0, 0.1) is 10.1 Å². The summed E-state index contributed by atoms with van der Waals surface area (Å²) in [6.07, 6.45) is 2.12. The maximum Gasteiger partial charge on any atom is 0.292 e. The number of rotatable bonds is 8. The van der Waals surface area contributed by atoms with Gasteiger partial charge in [0.25, 0.3) is 5.69 Å². The maximum absolute atomic E-state index is 12.1. The predicted molar refractivity (Wildman–Crippen MR) is 117 cm³/mol. The summed E-state index contributed by atoms with van der Waals surface area (Å²) in [5.74, 6) is 0.599. The van der Waals surface area contributed by atoms with Crippen molar-refractivity contribution in [3.8, 4) is 0 Å². The fourth-order valence-corrected chi connectivity index (χ4v) is 2.72. The molecule has 0 aliphatic carbocycles. The number of carbonyl (C=O) groups excluding carboxylic acids is 1. The number of hydrogen-bond donors (Lipinski definition) is 3. The van der Waals surface area contributed by atoms with Gasteiger partial charge in [0.15, 0.2) is 5.96 Å². The van der Waals surface area contributed by atoms with E-state index in [-0.39, 0.29) is 42.1 Å². The molecule has 0 unspecified atom stereocenters. The second-order valence-corrected chi connectivity index (χ2v) is 5.91. The number of aliphatic imine (C=N–C) groups is 1. The summed E-state index contributed by atoms with van der Waals surface area (Å²) in [5, 5.41) is 20.2. The van der Waals surface area contributed by atoms with Crippen LogP contribution in [0.3, 0.4) is 0 Å². The van der Waals surface area contributed by atoms with E-state index < -0.39 is 4.92 Å². The SMILES string of the molecule is CCNC(=NCC(=O)N1CCCC1)NCCNc1ccccc1[N+](=O)[O-].I. The first-order chi connectivity index (χ1) is 12.6. The highest BCUT2D eigenvalue weighted by molar-refractivity contribution is 14.0. The summed E-state index contributed by atoms with van der Waals surface area (Å²) >= 11 is 0. The minimum atomic E-state index is -0.411. The number of anilines is 1. The van der Waals surface area contributed by atoms with Crippen LogP contribution in [0.25, 0.3) is 0 Å². The van der Waals surface area contributed by atoms with E-state index >= 15 is 0 Å². The van der Waals surface area contributed by atoms with Gasteiger partial charge in [0, 0.05) is 38.8 Å². The van der Waals surface area contributed by atoms with Crippen molar-refractivity contribution < 1.29 is 9.72 Å². The fourth-order valence-electron chi connectivity index (χ4n) is 2.72. The zero-order valence-corrected chi connectivity index (χ0v) is 17.8. The van der Waals surface area contributed by atoms with Crippen molar-refractivity contribution >= 4 is 47.2 Å². The van der Waals surface area contributed by atoms with Gasteiger partial charge in [-0.3, -0.25) is 14.9 Å². The van der Waals surface area contributed by atoms with Gasteiger partial charge in [-0.25, -0.2) is 4.99 Å². The van der Waals surface area contributed by atoms with Crippen LogP contribution in [0.15, 0.2) is 29.3 Å². The number of nitro benzene ring substituents is 1. The van der Waals surface area contributed by atoms with Gasteiger partial charge in [-0.15, -0.1) is 24.0 Å². The van der Waals surface area contributed by atoms with Crippen molar-refractivity contribution in [1.29, 1.82) is 0 Å². The van der Waals surface area contributed by atoms with Crippen molar-refractivity contribution in [3.63, 3.8) is 0 Å². The minimum absolute atomic E-state index is 0. The Hall–Kier alpha value is -2.11. The lowest BCUT2D eigenvalue weighted by molar-refractivity contribution is -0.384. The van der Waals surface area contributed by atoms with E-state index in [1.54, 1.807) is 18.2 Å². The molecule has 0 saturated carbocycles. The molecule has 0 aromatic heterocycles. The van der Waals surface area contributed by atoms with Crippen molar-refractivity contribution in [2.75, 3.05) is 44.6 Å². The molecule has 0 atom stereocenters. The molecule has 150 valence electrons. The number of likely N-dealkylation sites (tertiary alicyclic amines) is 1. The molecule has 2 rings (SSSR count). The largest absolute Gasteiger partial charge is 0.378 e. The van der Waals surface area contributed by atoms with Gasteiger partial charge in [-0.1, -0.05) is 12.1 Å². The fraction of sp³-hybridized carbons (Fsp3) is 0.529. The highest BCUT2D eigenvalue weighted by Gasteiger charge is 2.17. The number of carbonyl (C=O) groups is 1. The second-order valence-electron chi connectivity index (χ2n) is 5.91. The molecule has 0 bridgehead atoms. The summed E-state index contributed by atoms with van der Waals surface area (Å²) in [6.45, 7) is 5.38. The van der Waals surface area contributed by atoms with Crippen LogP contribution >= 0.6 is 24.0 Å². The Kier molecular flexibility index (Phi) is 10.5. The number of amides is 1. The Labute approximate surface area is 176 Å². The van der Waals surface area contributed by atoms with E-state index in [2.05, 4.69) is 20.9 Å². The van der Waals surface area contributed by atoms with Gasteiger partial charge >= 0.3 is 0 Å². The van der Waals surface area contributed by atoms with Crippen molar-refractivity contribution in [3.05, 3.63) is 34.4 Å². The molecule has 1 aromatic carbocycles. The quantitative estimate of drug-likeness (QED) is 0.128. The Balaban J connectivity index is 0.00000364. The van der Waals surface area contributed by atoms with Gasteiger partial charge in [-0.2, -0.15) is 0 Å². The summed E-state index contributed by atoms with van der Waals surface area (Å²) in [6, 6.07) is 6.52. The van der Waals surface area contributed by atoms with Crippen LogP contribution < -0.4 is 16.0 Å². The lowest BCUT2D eigenvalue weighted by Crippen LogP contribution is -2.40. The zero-order valence-electron chi connectivity index (χ0n) is 15.4. The normalized spacial score (nSPS) is 13.7. The number of guanidine groups is 1. The summed E-state index contributed by atoms with van der Waals surface area (Å²) in [5.41, 5.74) is 0.523. The molecule has 0 radical (unpaired) electrons.